The van der Waals surface area contributed by atoms with Crippen LogP contribution in [0.4, 0.5) is 4.79 Å². The van der Waals surface area contributed by atoms with Crippen molar-refractivity contribution in [1.82, 2.24) is 20.9 Å². The molecule has 0 aromatic heterocycles. The number of carbonyl (C=O) groups is 4. The van der Waals surface area contributed by atoms with E-state index in [1.54, 1.807) is 35.6 Å². The Morgan fingerprint density at radius 1 is 1.02 bits per heavy atom. The molecule has 0 unspecified atom stereocenters. The van der Waals surface area contributed by atoms with Crippen LogP contribution in [-0.2, 0) is 4.79 Å². The number of ether oxygens (including phenoxy) is 3. The first-order chi connectivity index (χ1) is 22.0. The molecule has 4 N–H and O–H groups in total. The van der Waals surface area contributed by atoms with Gasteiger partial charge in [-0.1, -0.05) is 29.8 Å². The summed E-state index contributed by atoms with van der Waals surface area (Å²) < 4.78 is 18.1. The van der Waals surface area contributed by atoms with E-state index >= 15 is 0 Å². The van der Waals surface area contributed by atoms with Gasteiger partial charge in [0.05, 0.1) is 22.2 Å². The average Bonchev–Trinajstić information content (AvgIpc) is 3.02. The molecule has 15 nitrogen and oxygen atoms in total. The highest BCUT2D eigenvalue weighted by Crippen LogP contribution is 2.39. The van der Waals surface area contributed by atoms with E-state index in [9.17, 15) is 24.4 Å². The van der Waals surface area contributed by atoms with E-state index in [1.807, 2.05) is 6.07 Å². The van der Waals surface area contributed by atoms with Crippen LogP contribution in [0.3, 0.4) is 0 Å². The lowest BCUT2D eigenvalue weighted by atomic mass is 10.1. The minimum absolute atomic E-state index is 0.0213. The van der Waals surface area contributed by atoms with E-state index in [0.717, 1.165) is 12.1 Å². The summed E-state index contributed by atoms with van der Waals surface area (Å²) in [4.78, 5) is 59.5. The Morgan fingerprint density at radius 2 is 1.78 bits per heavy atom. The van der Waals surface area contributed by atoms with Crippen molar-refractivity contribution in [2.24, 2.45) is 9.98 Å². The Bertz CT molecular complexity index is 1920. The summed E-state index contributed by atoms with van der Waals surface area (Å²) >= 11 is 6.27. The summed E-state index contributed by atoms with van der Waals surface area (Å²) in [5.41, 5.74) is -0.205. The van der Waals surface area contributed by atoms with Crippen molar-refractivity contribution in [3.63, 3.8) is 0 Å². The first kappa shape index (κ1) is 31.0. The molecule has 0 spiro atoms. The molecule has 0 radical (unpaired) electrons. The molecule has 0 saturated carbocycles. The van der Waals surface area contributed by atoms with Crippen LogP contribution in [0.15, 0.2) is 82.2 Å². The second-order valence-corrected chi connectivity index (χ2v) is 10.0. The fourth-order valence-corrected chi connectivity index (χ4v) is 4.23. The number of nitrogens with one attached hydrogen (secondary N) is 3. The number of rotatable bonds is 7. The third-order valence-corrected chi connectivity index (χ3v) is 6.45. The normalized spacial score (nSPS) is 13.5. The monoisotopic (exact) mass is 643 g/mol. The summed E-state index contributed by atoms with van der Waals surface area (Å²) in [5, 5.41) is 25.8. The number of carboxylic acid groups (broad SMARTS) is 1. The predicted octanol–water partition coefficient (Wildman–Crippen LogP) is 3.23. The number of nitrogens with zero attached hydrogens (tertiary/aromatic N) is 4. The average molecular weight is 644 g/mol. The molecule has 0 fully saturated rings. The zero-order chi connectivity index (χ0) is 33.0. The number of amidine groups is 2. The van der Waals surface area contributed by atoms with Crippen LogP contribution in [-0.4, -0.2) is 66.3 Å². The van der Waals surface area contributed by atoms with Gasteiger partial charge in [-0.25, -0.2) is 4.79 Å². The lowest BCUT2D eigenvalue weighted by Gasteiger charge is -2.26. The van der Waals surface area contributed by atoms with E-state index < -0.39 is 23.8 Å². The first-order valence-electron chi connectivity index (χ1n) is 13.2. The van der Waals surface area contributed by atoms with E-state index in [1.165, 1.54) is 37.2 Å². The van der Waals surface area contributed by atoms with Crippen molar-refractivity contribution >= 4 is 47.3 Å². The highest BCUT2D eigenvalue weighted by atomic mass is 35.5. The smallest absolute Gasteiger partial charge is 0.411 e. The standard InChI is InChI=1S/C30H22ClN7O8/c1-38(2)28(41)18-11-16(26(40)36-30(42)43)12-21(24(18)44-17-6-4-3-5-7-17)45-27-23-25(33-14-22(39)34-23)35-29(37-27)46-20-10-15(13-32)8-9-19(20)31/h3-12H,14H2,1-2H3,(H,34,39)(H,36,40)(H,42,43)(H,33,35,37). The Balaban J connectivity index is 1.67. The van der Waals surface area contributed by atoms with Crippen LogP contribution in [0.25, 0.3) is 0 Å². The molecule has 0 aliphatic carbocycles. The maximum atomic E-state index is 13.4. The number of aliphatic imine (C=N–C) groups is 2. The second-order valence-electron chi connectivity index (χ2n) is 9.62. The van der Waals surface area contributed by atoms with Crippen LogP contribution < -0.4 is 30.2 Å². The van der Waals surface area contributed by atoms with Gasteiger partial charge in [-0.05, 0) is 36.4 Å². The molecule has 2 aliphatic rings. The third kappa shape index (κ3) is 6.87. The number of halogens is 1. The van der Waals surface area contributed by atoms with Crippen molar-refractivity contribution in [3.8, 4) is 29.1 Å². The van der Waals surface area contributed by atoms with Gasteiger partial charge in [-0.2, -0.15) is 10.3 Å². The molecule has 46 heavy (non-hydrogen) atoms. The number of para-hydroxylation sites is 1. The zero-order valence-electron chi connectivity index (χ0n) is 24.0. The van der Waals surface area contributed by atoms with Crippen LogP contribution in [0, 0.1) is 11.3 Å². The number of hydrogen-bond donors (Lipinski definition) is 4. The lowest BCUT2D eigenvalue weighted by Crippen LogP contribution is -2.48. The topological polar surface area (TPSA) is 204 Å². The van der Waals surface area contributed by atoms with E-state index in [-0.39, 0.29) is 68.9 Å². The quantitative estimate of drug-likeness (QED) is 0.296. The fourth-order valence-electron chi connectivity index (χ4n) is 4.07. The minimum Gasteiger partial charge on any atom is -0.465 e. The van der Waals surface area contributed by atoms with E-state index in [4.69, 9.17) is 30.9 Å². The Kier molecular flexibility index (Phi) is 8.82. The van der Waals surface area contributed by atoms with Crippen LogP contribution >= 0.6 is 11.6 Å². The van der Waals surface area contributed by atoms with Crippen LogP contribution in [0.1, 0.15) is 26.3 Å². The molecule has 5 rings (SSSR count). The molecule has 0 saturated heterocycles. The van der Waals surface area contributed by atoms with Gasteiger partial charge in [0, 0.05) is 25.7 Å². The highest BCUT2D eigenvalue weighted by Gasteiger charge is 2.31. The van der Waals surface area contributed by atoms with Crippen LogP contribution in [0.2, 0.25) is 5.02 Å². The molecule has 2 aliphatic heterocycles. The third-order valence-electron chi connectivity index (χ3n) is 6.14. The zero-order valence-corrected chi connectivity index (χ0v) is 24.7. The van der Waals surface area contributed by atoms with E-state index in [2.05, 4.69) is 20.6 Å². The molecular formula is C30H22ClN7O8. The molecule has 3 aromatic carbocycles. The molecular weight excluding hydrogens is 622 g/mol. The van der Waals surface area contributed by atoms with Gasteiger partial charge in [0.25, 0.3) is 17.7 Å². The summed E-state index contributed by atoms with van der Waals surface area (Å²) in [6.45, 7) is -0.244. The summed E-state index contributed by atoms with van der Waals surface area (Å²) in [6.07, 6.45) is -1.63. The molecule has 0 atom stereocenters. The predicted molar refractivity (Wildman–Crippen MR) is 162 cm³/mol. The molecule has 16 heteroatoms. The Hall–Kier alpha value is -6.40. The summed E-state index contributed by atoms with van der Waals surface area (Å²) in [5.74, 6) is -2.47. The number of carbonyl (C=O) groups excluding carboxylic acids is 3. The number of benzene rings is 3. The molecule has 0 bridgehead atoms. The number of imide groups is 1. The van der Waals surface area contributed by atoms with E-state index in [0.29, 0.717) is 5.75 Å². The van der Waals surface area contributed by atoms with Crippen molar-refractivity contribution in [3.05, 3.63) is 94.0 Å². The molecule has 232 valence electrons. The number of fused-ring (bicyclic) bond motifs is 1. The highest BCUT2D eigenvalue weighted by molar-refractivity contribution is 6.32. The SMILES string of the molecule is CN(C)C(=O)c1cc(C(=O)NC(=O)O)cc(OC2=C3NC(=O)CN=C3NC(Oc3cc(C#N)ccc3Cl)=N2)c1Oc1ccccc1. The van der Waals surface area contributed by atoms with Gasteiger partial charge >= 0.3 is 12.1 Å². The maximum Gasteiger partial charge on any atom is 0.411 e. The summed E-state index contributed by atoms with van der Waals surface area (Å²) in [7, 11) is 2.94. The van der Waals surface area contributed by atoms with Gasteiger partial charge in [0.1, 0.15) is 18.0 Å². The molecule has 2 heterocycles. The van der Waals surface area contributed by atoms with Gasteiger partial charge < -0.3 is 29.5 Å². The minimum atomic E-state index is -1.63. The fraction of sp³-hybridized carbons (Fsp3) is 0.100. The Morgan fingerprint density at radius 3 is 2.48 bits per heavy atom. The van der Waals surface area contributed by atoms with Crippen LogP contribution in [0.5, 0.6) is 23.0 Å². The molecule has 4 amide bonds. The number of amides is 4. The summed E-state index contributed by atoms with van der Waals surface area (Å²) in [6, 6.07) is 16.7. The van der Waals surface area contributed by atoms with Crippen molar-refractivity contribution in [2.45, 2.75) is 0 Å². The first-order valence-corrected chi connectivity index (χ1v) is 13.6. The molecule has 3 aromatic rings. The van der Waals surface area contributed by atoms with Gasteiger partial charge in [0.2, 0.25) is 5.91 Å². The Labute approximate surface area is 265 Å². The van der Waals surface area contributed by atoms with Crippen molar-refractivity contribution in [1.29, 1.82) is 5.26 Å². The number of nitriles is 1. The van der Waals surface area contributed by atoms with Gasteiger partial charge in [0.15, 0.2) is 23.1 Å². The van der Waals surface area contributed by atoms with Gasteiger partial charge in [-0.3, -0.25) is 30.0 Å². The second kappa shape index (κ2) is 13.1. The van der Waals surface area contributed by atoms with Crippen molar-refractivity contribution < 1.29 is 38.5 Å². The lowest BCUT2D eigenvalue weighted by molar-refractivity contribution is -0.119. The van der Waals surface area contributed by atoms with Gasteiger partial charge in [-0.15, -0.1) is 0 Å². The maximum absolute atomic E-state index is 13.4. The van der Waals surface area contributed by atoms with Crippen molar-refractivity contribution in [2.75, 3.05) is 20.6 Å². The largest absolute Gasteiger partial charge is 0.465 e. The number of hydrogen-bond acceptors (Lipinski definition) is 11.